The standard InChI is InChI=1S/C11H9Cl2N3/c12-7-3-1-6(2-4-7)9-5-8(14)10(15)11(13)16-9/h1-5H,15H2,(H2,14,16). The Kier molecular flexibility index (Phi) is 2.90. The first kappa shape index (κ1) is 11.0. The third-order valence-electron chi connectivity index (χ3n) is 2.18. The summed E-state index contributed by atoms with van der Waals surface area (Å²) < 4.78 is 0. The number of pyridine rings is 1. The molecule has 0 spiro atoms. The van der Waals surface area contributed by atoms with Gasteiger partial charge in [0.05, 0.1) is 17.1 Å². The lowest BCUT2D eigenvalue weighted by Gasteiger charge is -2.06. The molecule has 0 radical (unpaired) electrons. The molecule has 1 aromatic carbocycles. The van der Waals surface area contributed by atoms with Gasteiger partial charge in [0.2, 0.25) is 0 Å². The molecular weight excluding hydrogens is 245 g/mol. The van der Waals surface area contributed by atoms with Gasteiger partial charge in [0.1, 0.15) is 0 Å². The number of aromatic nitrogens is 1. The summed E-state index contributed by atoms with van der Waals surface area (Å²) in [6.07, 6.45) is 0. The van der Waals surface area contributed by atoms with E-state index in [-0.39, 0.29) is 5.15 Å². The molecule has 0 aliphatic heterocycles. The van der Waals surface area contributed by atoms with Gasteiger partial charge in [-0.05, 0) is 18.2 Å². The number of hydrogen-bond donors (Lipinski definition) is 2. The quantitative estimate of drug-likeness (QED) is 0.768. The van der Waals surface area contributed by atoms with Crippen LogP contribution in [0.3, 0.4) is 0 Å². The van der Waals surface area contributed by atoms with Crippen molar-refractivity contribution in [1.82, 2.24) is 4.98 Å². The Bertz CT molecular complexity index is 500. The molecule has 5 heteroatoms. The maximum absolute atomic E-state index is 5.86. The van der Waals surface area contributed by atoms with E-state index in [1.807, 2.05) is 12.1 Å². The second kappa shape index (κ2) is 4.20. The van der Waals surface area contributed by atoms with E-state index in [0.717, 1.165) is 5.56 Å². The van der Waals surface area contributed by atoms with Crippen LogP contribution in [-0.4, -0.2) is 4.98 Å². The van der Waals surface area contributed by atoms with Crippen LogP contribution in [0.5, 0.6) is 0 Å². The summed E-state index contributed by atoms with van der Waals surface area (Å²) in [4.78, 5) is 4.15. The SMILES string of the molecule is Nc1cc(-c2ccc(Cl)cc2)nc(Cl)c1N. The maximum atomic E-state index is 5.86. The van der Waals surface area contributed by atoms with E-state index < -0.39 is 0 Å². The van der Waals surface area contributed by atoms with Crippen LogP contribution in [0.25, 0.3) is 11.3 Å². The second-order valence-electron chi connectivity index (χ2n) is 3.31. The molecule has 3 nitrogen and oxygen atoms in total. The van der Waals surface area contributed by atoms with Gasteiger partial charge in [0.25, 0.3) is 0 Å². The molecule has 2 rings (SSSR count). The van der Waals surface area contributed by atoms with Gasteiger partial charge in [0.15, 0.2) is 5.15 Å². The highest BCUT2D eigenvalue weighted by atomic mass is 35.5. The molecule has 1 heterocycles. The van der Waals surface area contributed by atoms with Crippen molar-refractivity contribution in [3.05, 3.63) is 40.5 Å². The molecule has 0 saturated carbocycles. The molecule has 0 aliphatic rings. The van der Waals surface area contributed by atoms with E-state index in [0.29, 0.717) is 22.1 Å². The van der Waals surface area contributed by atoms with Gasteiger partial charge in [-0.25, -0.2) is 4.98 Å². The molecule has 0 amide bonds. The van der Waals surface area contributed by atoms with E-state index in [1.165, 1.54) is 0 Å². The van der Waals surface area contributed by atoms with Crippen LogP contribution >= 0.6 is 23.2 Å². The fourth-order valence-electron chi connectivity index (χ4n) is 1.31. The molecule has 0 atom stereocenters. The highest BCUT2D eigenvalue weighted by Gasteiger charge is 2.07. The van der Waals surface area contributed by atoms with Gasteiger partial charge in [0, 0.05) is 10.6 Å². The molecule has 4 N–H and O–H groups in total. The lowest BCUT2D eigenvalue weighted by atomic mass is 10.1. The minimum absolute atomic E-state index is 0.213. The molecule has 82 valence electrons. The highest BCUT2D eigenvalue weighted by molar-refractivity contribution is 6.32. The van der Waals surface area contributed by atoms with Crippen molar-refractivity contribution < 1.29 is 0 Å². The normalized spacial score (nSPS) is 10.4. The summed E-state index contributed by atoms with van der Waals surface area (Å²) in [5, 5.41) is 0.878. The van der Waals surface area contributed by atoms with Crippen LogP contribution in [0.15, 0.2) is 30.3 Å². The second-order valence-corrected chi connectivity index (χ2v) is 4.10. The van der Waals surface area contributed by atoms with Crippen molar-refractivity contribution in [3.63, 3.8) is 0 Å². The first-order valence-electron chi connectivity index (χ1n) is 4.55. The van der Waals surface area contributed by atoms with E-state index >= 15 is 0 Å². The Hall–Kier alpha value is -1.45. The van der Waals surface area contributed by atoms with E-state index in [9.17, 15) is 0 Å². The Morgan fingerprint density at radius 2 is 1.62 bits per heavy atom. The van der Waals surface area contributed by atoms with Crippen LogP contribution < -0.4 is 11.5 Å². The predicted molar refractivity (Wildman–Crippen MR) is 68.5 cm³/mol. The third kappa shape index (κ3) is 2.05. The van der Waals surface area contributed by atoms with Crippen molar-refractivity contribution in [2.75, 3.05) is 11.5 Å². The third-order valence-corrected chi connectivity index (χ3v) is 2.72. The highest BCUT2D eigenvalue weighted by Crippen LogP contribution is 2.29. The summed E-state index contributed by atoms with van der Waals surface area (Å²) in [6.45, 7) is 0. The van der Waals surface area contributed by atoms with Gasteiger partial charge >= 0.3 is 0 Å². The Labute approximate surface area is 103 Å². The zero-order valence-electron chi connectivity index (χ0n) is 8.24. The number of halogens is 2. The molecule has 0 fully saturated rings. The van der Waals surface area contributed by atoms with Crippen LogP contribution in [0.4, 0.5) is 11.4 Å². The summed E-state index contributed by atoms with van der Waals surface area (Å²) in [6, 6.07) is 8.93. The van der Waals surface area contributed by atoms with Crippen molar-refractivity contribution in [2.24, 2.45) is 0 Å². The predicted octanol–water partition coefficient (Wildman–Crippen LogP) is 3.22. The molecule has 0 bridgehead atoms. The fraction of sp³-hybridized carbons (Fsp3) is 0. The molecule has 0 aliphatic carbocycles. The minimum atomic E-state index is 0.213. The Balaban J connectivity index is 2.52. The molecule has 16 heavy (non-hydrogen) atoms. The fourth-order valence-corrected chi connectivity index (χ4v) is 1.64. The molecule has 0 saturated heterocycles. The lowest BCUT2D eigenvalue weighted by Crippen LogP contribution is -1.98. The largest absolute Gasteiger partial charge is 0.397 e. The van der Waals surface area contributed by atoms with Crippen LogP contribution in [0, 0.1) is 0 Å². The lowest BCUT2D eigenvalue weighted by molar-refractivity contribution is 1.33. The van der Waals surface area contributed by atoms with Gasteiger partial charge in [-0.3, -0.25) is 0 Å². The van der Waals surface area contributed by atoms with Crippen molar-refractivity contribution in [2.45, 2.75) is 0 Å². The number of hydrogen-bond acceptors (Lipinski definition) is 3. The van der Waals surface area contributed by atoms with Gasteiger partial charge in [-0.2, -0.15) is 0 Å². The van der Waals surface area contributed by atoms with E-state index in [4.69, 9.17) is 34.7 Å². The summed E-state index contributed by atoms with van der Waals surface area (Å²) in [5.41, 5.74) is 13.6. The van der Waals surface area contributed by atoms with Crippen molar-refractivity contribution >= 4 is 34.6 Å². The molecule has 2 aromatic rings. The van der Waals surface area contributed by atoms with Gasteiger partial charge in [-0.15, -0.1) is 0 Å². The molecule has 0 unspecified atom stereocenters. The monoisotopic (exact) mass is 253 g/mol. The first-order valence-corrected chi connectivity index (χ1v) is 5.31. The van der Waals surface area contributed by atoms with Gasteiger partial charge in [-0.1, -0.05) is 35.3 Å². The molecular formula is C11H9Cl2N3. The van der Waals surface area contributed by atoms with E-state index in [2.05, 4.69) is 4.98 Å². The zero-order valence-corrected chi connectivity index (χ0v) is 9.76. The number of rotatable bonds is 1. The maximum Gasteiger partial charge on any atom is 0.154 e. The summed E-state index contributed by atoms with van der Waals surface area (Å²) >= 11 is 11.7. The van der Waals surface area contributed by atoms with Crippen molar-refractivity contribution in [3.8, 4) is 11.3 Å². The Morgan fingerprint density at radius 1 is 1.00 bits per heavy atom. The van der Waals surface area contributed by atoms with Crippen LogP contribution in [0.2, 0.25) is 10.2 Å². The topological polar surface area (TPSA) is 64.9 Å². The average molecular weight is 254 g/mol. The number of nitrogens with two attached hydrogens (primary N) is 2. The molecule has 1 aromatic heterocycles. The van der Waals surface area contributed by atoms with Crippen molar-refractivity contribution in [1.29, 1.82) is 0 Å². The van der Waals surface area contributed by atoms with Crippen LogP contribution in [0.1, 0.15) is 0 Å². The summed E-state index contributed by atoms with van der Waals surface area (Å²) in [7, 11) is 0. The number of anilines is 2. The van der Waals surface area contributed by atoms with Crippen LogP contribution in [-0.2, 0) is 0 Å². The Morgan fingerprint density at radius 3 is 2.19 bits per heavy atom. The smallest absolute Gasteiger partial charge is 0.154 e. The number of nitrogens with zero attached hydrogens (tertiary/aromatic N) is 1. The van der Waals surface area contributed by atoms with E-state index in [1.54, 1.807) is 18.2 Å². The van der Waals surface area contributed by atoms with Gasteiger partial charge < -0.3 is 11.5 Å². The zero-order chi connectivity index (χ0) is 11.7. The summed E-state index contributed by atoms with van der Waals surface area (Å²) in [5.74, 6) is 0. The number of nitrogen functional groups attached to an aromatic ring is 2. The average Bonchev–Trinajstić information content (AvgIpc) is 2.26. The number of benzene rings is 1. The first-order chi connectivity index (χ1) is 7.58. The minimum Gasteiger partial charge on any atom is -0.397 e.